The van der Waals surface area contributed by atoms with Crippen molar-refractivity contribution in [3.05, 3.63) is 33.9 Å². The number of carbonyl (C=O) groups excluding carboxylic acids is 2. The quantitative estimate of drug-likeness (QED) is 0.377. The fourth-order valence-electron chi connectivity index (χ4n) is 3.53. The Morgan fingerprint density at radius 2 is 1.97 bits per heavy atom. The molecule has 0 aliphatic heterocycles. The van der Waals surface area contributed by atoms with Crippen molar-refractivity contribution in [3.63, 3.8) is 0 Å². The predicted octanol–water partition coefficient (Wildman–Crippen LogP) is 3.64. The molecule has 0 heterocycles. The van der Waals surface area contributed by atoms with E-state index in [0.717, 1.165) is 25.3 Å². The average Bonchev–Trinajstić information content (AvgIpc) is 2.76. The molecule has 9 nitrogen and oxygen atoms in total. The number of nitro benzene ring substituents is 1. The van der Waals surface area contributed by atoms with E-state index in [9.17, 15) is 38.1 Å². The van der Waals surface area contributed by atoms with Crippen molar-refractivity contribution in [1.82, 2.24) is 4.90 Å². The highest BCUT2D eigenvalue weighted by molar-refractivity contribution is 5.84. The molecular weight excluding hydrogens is 433 g/mol. The van der Waals surface area contributed by atoms with E-state index in [1.54, 1.807) is 0 Å². The van der Waals surface area contributed by atoms with Crippen molar-refractivity contribution >= 4 is 23.3 Å². The van der Waals surface area contributed by atoms with Crippen LogP contribution in [0.15, 0.2) is 18.2 Å². The molecule has 174 valence electrons. The van der Waals surface area contributed by atoms with E-state index in [4.69, 9.17) is 4.74 Å². The van der Waals surface area contributed by atoms with Crippen LogP contribution in [0, 0.1) is 21.4 Å². The van der Waals surface area contributed by atoms with Gasteiger partial charge in [0.25, 0.3) is 11.6 Å². The Morgan fingerprint density at radius 3 is 2.50 bits per heavy atom. The zero-order valence-electron chi connectivity index (χ0n) is 17.6. The summed E-state index contributed by atoms with van der Waals surface area (Å²) in [5, 5.41) is 23.1. The lowest BCUT2D eigenvalue weighted by molar-refractivity contribution is -0.384. The molecule has 1 aliphatic carbocycles. The van der Waals surface area contributed by atoms with Gasteiger partial charge in [-0.3, -0.25) is 14.9 Å². The normalized spacial score (nSPS) is 16.4. The van der Waals surface area contributed by atoms with Crippen LogP contribution in [-0.2, 0) is 20.5 Å². The molecule has 1 amide bonds. The molecule has 0 spiro atoms. The number of nitriles is 1. The zero-order chi connectivity index (χ0) is 24.1. The number of nitrogens with zero attached hydrogens (tertiary/aromatic N) is 3. The van der Waals surface area contributed by atoms with Gasteiger partial charge in [-0.05, 0) is 31.9 Å². The Hall–Kier alpha value is -3.36. The molecule has 0 saturated heterocycles. The average molecular weight is 456 g/mol. The fourth-order valence-corrected chi connectivity index (χ4v) is 3.53. The number of carbonyl (C=O) groups is 2. The number of halogens is 3. The first-order valence-electron chi connectivity index (χ1n) is 9.88. The first-order valence-corrected chi connectivity index (χ1v) is 9.88. The summed E-state index contributed by atoms with van der Waals surface area (Å²) >= 11 is 0. The molecule has 12 heteroatoms. The summed E-state index contributed by atoms with van der Waals surface area (Å²) in [7, 11) is 1.47. The number of benzene rings is 1. The van der Waals surface area contributed by atoms with Crippen LogP contribution in [-0.4, -0.2) is 46.9 Å². The van der Waals surface area contributed by atoms with E-state index >= 15 is 0 Å². The first kappa shape index (κ1) is 24.9. The van der Waals surface area contributed by atoms with Gasteiger partial charge in [0.1, 0.15) is 17.3 Å². The number of alkyl halides is 3. The van der Waals surface area contributed by atoms with Gasteiger partial charge in [0.05, 0.1) is 16.6 Å². The van der Waals surface area contributed by atoms with Crippen LogP contribution in [0.1, 0.15) is 44.6 Å². The van der Waals surface area contributed by atoms with Gasteiger partial charge in [0.2, 0.25) is 0 Å². The number of ether oxygens (including phenoxy) is 1. The second-order valence-electron chi connectivity index (χ2n) is 7.62. The van der Waals surface area contributed by atoms with Crippen molar-refractivity contribution < 1.29 is 32.4 Å². The summed E-state index contributed by atoms with van der Waals surface area (Å²) in [6.07, 6.45) is -1.14. The highest BCUT2D eigenvalue weighted by atomic mass is 19.4. The molecule has 0 radical (unpaired) electrons. The Morgan fingerprint density at radius 1 is 1.34 bits per heavy atom. The lowest BCUT2D eigenvalue weighted by atomic mass is 9.81. The minimum Gasteiger partial charge on any atom is -0.454 e. The van der Waals surface area contributed by atoms with E-state index in [-0.39, 0.29) is 5.69 Å². The van der Waals surface area contributed by atoms with E-state index in [2.05, 4.69) is 11.4 Å². The minimum atomic E-state index is -4.76. The Bertz CT molecular complexity index is 923. The van der Waals surface area contributed by atoms with E-state index < -0.39 is 52.4 Å². The van der Waals surface area contributed by atoms with Crippen LogP contribution >= 0.6 is 0 Å². The largest absolute Gasteiger partial charge is 0.454 e. The van der Waals surface area contributed by atoms with Crippen molar-refractivity contribution in [2.75, 3.05) is 19.0 Å². The smallest absolute Gasteiger partial charge is 0.416 e. The number of hydrogen-bond donors (Lipinski definition) is 1. The topological polar surface area (TPSA) is 126 Å². The van der Waals surface area contributed by atoms with Gasteiger partial charge in [0, 0.05) is 13.1 Å². The molecule has 1 saturated carbocycles. The third-order valence-electron chi connectivity index (χ3n) is 5.49. The lowest BCUT2D eigenvalue weighted by Crippen LogP contribution is -2.51. The minimum absolute atomic E-state index is 0.304. The van der Waals surface area contributed by atoms with Crippen LogP contribution in [0.4, 0.5) is 24.5 Å². The van der Waals surface area contributed by atoms with E-state index in [1.165, 1.54) is 18.9 Å². The van der Waals surface area contributed by atoms with Gasteiger partial charge in [-0.25, -0.2) is 4.79 Å². The number of nitro groups is 1. The fraction of sp³-hybridized carbons (Fsp3) is 0.550. The molecule has 0 unspecified atom stereocenters. The van der Waals surface area contributed by atoms with Gasteiger partial charge in [-0.15, -0.1) is 0 Å². The number of likely N-dealkylation sites (N-methyl/N-ethyl adjacent to an activating group) is 1. The Kier molecular flexibility index (Phi) is 7.66. The van der Waals surface area contributed by atoms with E-state index in [1.807, 2.05) is 0 Å². The second-order valence-corrected chi connectivity index (χ2v) is 7.62. The highest BCUT2D eigenvalue weighted by Gasteiger charge is 2.39. The van der Waals surface area contributed by atoms with Crippen molar-refractivity contribution in [3.8, 4) is 6.07 Å². The molecule has 1 aromatic rings. The number of nitrogens with one attached hydrogen (secondary N) is 1. The Labute approximate surface area is 182 Å². The summed E-state index contributed by atoms with van der Waals surface area (Å²) in [6.45, 7) is 0.649. The molecular formula is C20H23F3N4O5. The van der Waals surface area contributed by atoms with Crippen LogP contribution in [0.3, 0.4) is 0 Å². The molecule has 0 bridgehead atoms. The van der Waals surface area contributed by atoms with Crippen LogP contribution in [0.2, 0.25) is 0 Å². The van der Waals surface area contributed by atoms with E-state index in [0.29, 0.717) is 25.0 Å². The number of hydrogen-bond acceptors (Lipinski definition) is 7. The summed E-state index contributed by atoms with van der Waals surface area (Å²) in [6, 6.07) is 2.86. The lowest BCUT2D eigenvalue weighted by Gasteiger charge is -2.38. The maximum Gasteiger partial charge on any atom is 0.416 e. The van der Waals surface area contributed by atoms with Gasteiger partial charge < -0.3 is 15.0 Å². The molecule has 1 fully saturated rings. The Balaban J connectivity index is 2.02. The second kappa shape index (κ2) is 9.84. The highest BCUT2D eigenvalue weighted by Crippen LogP contribution is 2.35. The molecule has 32 heavy (non-hydrogen) atoms. The third-order valence-corrected chi connectivity index (χ3v) is 5.49. The maximum atomic E-state index is 12.8. The summed E-state index contributed by atoms with van der Waals surface area (Å²) < 4.78 is 43.4. The standard InChI is InChI=1S/C20H23F3N4O5/c1-13(25-15-7-6-14(20(21,22)23)10-16(15)27(30)31)18(29)32-11-17(28)26(2)19(12-24)8-4-3-5-9-19/h6-7,10,13,25H,3-5,8-9,11H2,1-2H3/t13-/m0/s1. The molecule has 0 aromatic heterocycles. The van der Waals surface area contributed by atoms with Crippen LogP contribution < -0.4 is 5.32 Å². The first-order chi connectivity index (χ1) is 14.9. The SMILES string of the molecule is C[C@H](Nc1ccc(C(F)(F)F)cc1[N+](=O)[O-])C(=O)OCC(=O)N(C)C1(C#N)CCCCC1. The van der Waals surface area contributed by atoms with Gasteiger partial charge in [0.15, 0.2) is 6.61 Å². The molecule has 2 rings (SSSR count). The zero-order valence-corrected chi connectivity index (χ0v) is 17.6. The molecule has 1 N–H and O–H groups in total. The molecule has 1 atom stereocenters. The predicted molar refractivity (Wildman–Crippen MR) is 106 cm³/mol. The van der Waals surface area contributed by atoms with Crippen molar-refractivity contribution in [2.45, 2.75) is 56.8 Å². The van der Waals surface area contributed by atoms with Gasteiger partial charge in [-0.1, -0.05) is 19.3 Å². The van der Waals surface area contributed by atoms with Crippen LogP contribution in [0.25, 0.3) is 0 Å². The monoisotopic (exact) mass is 456 g/mol. The van der Waals surface area contributed by atoms with Crippen molar-refractivity contribution in [2.24, 2.45) is 0 Å². The molecule has 1 aliphatic rings. The summed E-state index contributed by atoms with van der Waals surface area (Å²) in [5.74, 6) is -1.51. The molecule has 1 aromatic carbocycles. The van der Waals surface area contributed by atoms with Crippen molar-refractivity contribution in [1.29, 1.82) is 5.26 Å². The van der Waals surface area contributed by atoms with Gasteiger partial charge >= 0.3 is 12.1 Å². The summed E-state index contributed by atoms with van der Waals surface area (Å²) in [4.78, 5) is 36.1. The summed E-state index contributed by atoms with van der Waals surface area (Å²) in [5.41, 5.74) is -3.32. The number of esters is 1. The van der Waals surface area contributed by atoms with Crippen LogP contribution in [0.5, 0.6) is 0 Å². The maximum absolute atomic E-state index is 12.8. The number of rotatable bonds is 7. The number of anilines is 1. The third kappa shape index (κ3) is 5.66. The van der Waals surface area contributed by atoms with Gasteiger partial charge in [-0.2, -0.15) is 18.4 Å². The number of amides is 1.